The number of rotatable bonds is 2. The standard InChI is InChI=1S/C13H14F5NO/c1-5(13(2,3)4)19-12(20)6-7(14)9(16)11(18)10(17)8(6)15/h5H,1-4H3,(H,19,20). The second-order valence-corrected chi connectivity index (χ2v) is 5.51. The van der Waals surface area contributed by atoms with E-state index in [0.29, 0.717) is 0 Å². The van der Waals surface area contributed by atoms with Crippen molar-refractivity contribution in [2.75, 3.05) is 0 Å². The molecule has 7 heteroatoms. The van der Waals surface area contributed by atoms with Gasteiger partial charge in [-0.25, -0.2) is 22.0 Å². The minimum absolute atomic E-state index is 0.445. The van der Waals surface area contributed by atoms with Gasteiger partial charge >= 0.3 is 0 Å². The molecule has 0 aliphatic rings. The topological polar surface area (TPSA) is 29.1 Å². The summed E-state index contributed by atoms with van der Waals surface area (Å²) < 4.78 is 65.7. The van der Waals surface area contributed by atoms with Gasteiger partial charge in [-0.1, -0.05) is 20.8 Å². The summed E-state index contributed by atoms with van der Waals surface area (Å²) in [5.41, 5.74) is -1.92. The first-order valence-electron chi connectivity index (χ1n) is 5.80. The van der Waals surface area contributed by atoms with E-state index in [4.69, 9.17) is 0 Å². The van der Waals surface area contributed by atoms with E-state index in [0.717, 1.165) is 0 Å². The van der Waals surface area contributed by atoms with Gasteiger partial charge in [0.25, 0.3) is 5.91 Å². The molecule has 1 unspecified atom stereocenters. The molecule has 1 atom stereocenters. The Kier molecular flexibility index (Phi) is 4.41. The molecule has 0 aliphatic carbocycles. The number of carbonyl (C=O) groups excluding carboxylic acids is 1. The fourth-order valence-electron chi connectivity index (χ4n) is 1.29. The van der Waals surface area contributed by atoms with Crippen molar-refractivity contribution >= 4 is 5.91 Å². The minimum Gasteiger partial charge on any atom is -0.349 e. The first-order valence-corrected chi connectivity index (χ1v) is 5.80. The Morgan fingerprint density at radius 3 is 1.60 bits per heavy atom. The molecule has 0 aromatic heterocycles. The SMILES string of the molecule is CC(NC(=O)c1c(F)c(F)c(F)c(F)c1F)C(C)(C)C. The van der Waals surface area contributed by atoms with Crippen molar-refractivity contribution < 1.29 is 26.7 Å². The number of halogens is 5. The van der Waals surface area contributed by atoms with Crippen LogP contribution >= 0.6 is 0 Å². The van der Waals surface area contributed by atoms with Crippen LogP contribution in [-0.4, -0.2) is 11.9 Å². The summed E-state index contributed by atoms with van der Waals surface area (Å²) in [4.78, 5) is 11.7. The minimum atomic E-state index is -2.29. The zero-order chi connectivity index (χ0) is 15.8. The number of benzene rings is 1. The lowest BCUT2D eigenvalue weighted by molar-refractivity contribution is 0.0898. The first-order chi connectivity index (χ1) is 8.98. The first kappa shape index (κ1) is 16.4. The number of carbonyl (C=O) groups is 1. The lowest BCUT2D eigenvalue weighted by Gasteiger charge is -2.28. The van der Waals surface area contributed by atoms with E-state index in [1.807, 2.05) is 0 Å². The van der Waals surface area contributed by atoms with Crippen LogP contribution in [0, 0.1) is 34.5 Å². The Morgan fingerprint density at radius 1 is 0.900 bits per heavy atom. The monoisotopic (exact) mass is 295 g/mol. The van der Waals surface area contributed by atoms with Crippen LogP contribution in [-0.2, 0) is 0 Å². The van der Waals surface area contributed by atoms with E-state index in [-0.39, 0.29) is 0 Å². The molecule has 0 bridgehead atoms. The predicted molar refractivity (Wildman–Crippen MR) is 62.6 cm³/mol. The molecule has 0 aliphatic heterocycles. The van der Waals surface area contributed by atoms with Gasteiger partial charge in [-0.15, -0.1) is 0 Å². The van der Waals surface area contributed by atoms with Crippen molar-refractivity contribution in [3.05, 3.63) is 34.6 Å². The molecule has 1 aromatic rings. The van der Waals surface area contributed by atoms with Crippen molar-refractivity contribution in [3.8, 4) is 0 Å². The Balaban J connectivity index is 3.25. The van der Waals surface area contributed by atoms with Crippen LogP contribution < -0.4 is 5.32 Å². The average Bonchev–Trinajstić information content (AvgIpc) is 2.33. The summed E-state index contributed by atoms with van der Waals surface area (Å²) in [6.07, 6.45) is 0. The van der Waals surface area contributed by atoms with Crippen molar-refractivity contribution in [1.29, 1.82) is 0 Å². The maximum Gasteiger partial charge on any atom is 0.257 e. The zero-order valence-corrected chi connectivity index (χ0v) is 11.4. The molecule has 0 radical (unpaired) electrons. The summed E-state index contributed by atoms with van der Waals surface area (Å²) in [6, 6.07) is -0.537. The highest BCUT2D eigenvalue weighted by atomic mass is 19.2. The molecule has 0 saturated carbocycles. The maximum absolute atomic E-state index is 13.4. The predicted octanol–water partition coefficient (Wildman–Crippen LogP) is 3.55. The van der Waals surface area contributed by atoms with Crippen LogP contribution in [0.5, 0.6) is 0 Å². The molecule has 0 spiro atoms. The Hall–Kier alpha value is -1.66. The van der Waals surface area contributed by atoms with Gasteiger partial charge in [-0.05, 0) is 12.3 Å². The summed E-state index contributed by atoms with van der Waals surface area (Å²) in [7, 11) is 0. The quantitative estimate of drug-likeness (QED) is 0.504. The van der Waals surface area contributed by atoms with Gasteiger partial charge in [-0.2, -0.15) is 0 Å². The summed E-state index contributed by atoms with van der Waals surface area (Å²) in [5.74, 6) is -12.2. The summed E-state index contributed by atoms with van der Waals surface area (Å²) in [6.45, 7) is 6.80. The van der Waals surface area contributed by atoms with E-state index in [1.165, 1.54) is 0 Å². The smallest absolute Gasteiger partial charge is 0.257 e. The molecule has 1 N–H and O–H groups in total. The van der Waals surface area contributed by atoms with Gasteiger partial charge in [0.15, 0.2) is 23.3 Å². The van der Waals surface area contributed by atoms with Crippen molar-refractivity contribution in [2.24, 2.45) is 5.41 Å². The number of hydrogen-bond donors (Lipinski definition) is 1. The third-order valence-electron chi connectivity index (χ3n) is 3.08. The van der Waals surface area contributed by atoms with Gasteiger partial charge < -0.3 is 5.32 Å². The highest BCUT2D eigenvalue weighted by molar-refractivity contribution is 5.95. The molecule has 1 aromatic carbocycles. The van der Waals surface area contributed by atoms with Crippen LogP contribution in [0.2, 0.25) is 0 Å². The highest BCUT2D eigenvalue weighted by Gasteiger charge is 2.31. The Labute approximate surface area is 113 Å². The van der Waals surface area contributed by atoms with Crippen molar-refractivity contribution in [3.63, 3.8) is 0 Å². The van der Waals surface area contributed by atoms with Gasteiger partial charge in [0.05, 0.1) is 0 Å². The van der Waals surface area contributed by atoms with Gasteiger partial charge in [0, 0.05) is 6.04 Å². The second kappa shape index (κ2) is 5.38. The van der Waals surface area contributed by atoms with Crippen LogP contribution in [0.3, 0.4) is 0 Å². The Bertz CT molecular complexity index is 522. The number of amides is 1. The molecule has 1 amide bonds. The lowest BCUT2D eigenvalue weighted by atomic mass is 9.88. The average molecular weight is 295 g/mol. The van der Waals surface area contributed by atoms with Crippen LogP contribution in [0.4, 0.5) is 22.0 Å². The van der Waals surface area contributed by atoms with E-state index >= 15 is 0 Å². The van der Waals surface area contributed by atoms with E-state index in [2.05, 4.69) is 5.32 Å². The van der Waals surface area contributed by atoms with Crippen molar-refractivity contribution in [1.82, 2.24) is 5.32 Å². The zero-order valence-electron chi connectivity index (χ0n) is 11.4. The molecule has 1 rings (SSSR count). The third kappa shape index (κ3) is 2.91. The molecular weight excluding hydrogens is 281 g/mol. The van der Waals surface area contributed by atoms with E-state index in [1.54, 1.807) is 27.7 Å². The number of nitrogens with one attached hydrogen (secondary N) is 1. The van der Waals surface area contributed by atoms with Gasteiger partial charge in [0.1, 0.15) is 5.56 Å². The largest absolute Gasteiger partial charge is 0.349 e. The molecule has 20 heavy (non-hydrogen) atoms. The Morgan fingerprint density at radius 2 is 1.25 bits per heavy atom. The fourth-order valence-corrected chi connectivity index (χ4v) is 1.29. The summed E-state index contributed by atoms with van der Waals surface area (Å²) >= 11 is 0. The van der Waals surface area contributed by atoms with Crippen LogP contribution in [0.15, 0.2) is 0 Å². The van der Waals surface area contributed by atoms with Gasteiger partial charge in [0.2, 0.25) is 5.82 Å². The highest BCUT2D eigenvalue weighted by Crippen LogP contribution is 2.24. The van der Waals surface area contributed by atoms with Crippen LogP contribution in [0.25, 0.3) is 0 Å². The molecule has 0 fully saturated rings. The molecule has 0 saturated heterocycles. The van der Waals surface area contributed by atoms with E-state index < -0.39 is 52.0 Å². The van der Waals surface area contributed by atoms with Gasteiger partial charge in [-0.3, -0.25) is 4.79 Å². The van der Waals surface area contributed by atoms with Crippen LogP contribution in [0.1, 0.15) is 38.1 Å². The summed E-state index contributed by atoms with van der Waals surface area (Å²) in [5, 5.41) is 2.22. The lowest BCUT2D eigenvalue weighted by Crippen LogP contribution is -2.42. The molecule has 2 nitrogen and oxygen atoms in total. The van der Waals surface area contributed by atoms with Crippen molar-refractivity contribution in [2.45, 2.75) is 33.7 Å². The fraction of sp³-hybridized carbons (Fsp3) is 0.462. The maximum atomic E-state index is 13.4. The second-order valence-electron chi connectivity index (χ2n) is 5.51. The molecule has 0 heterocycles. The number of hydrogen-bond acceptors (Lipinski definition) is 1. The molecular formula is C13H14F5NO. The molecule has 112 valence electrons. The third-order valence-corrected chi connectivity index (χ3v) is 3.08. The normalized spacial score (nSPS) is 13.2. The van der Waals surface area contributed by atoms with E-state index in [9.17, 15) is 26.7 Å².